The Bertz CT molecular complexity index is 1400. The van der Waals surface area contributed by atoms with Gasteiger partial charge < -0.3 is 28.5 Å². The van der Waals surface area contributed by atoms with Gasteiger partial charge in [-0.15, -0.1) is 0 Å². The molecule has 0 aliphatic rings. The third kappa shape index (κ3) is 12.1. The zero-order chi connectivity index (χ0) is 33.5. The molecule has 0 aromatic heterocycles. The summed E-state index contributed by atoms with van der Waals surface area (Å²) in [6.45, 7) is 12.9. The van der Waals surface area contributed by atoms with E-state index in [1.165, 1.54) is 0 Å². The Morgan fingerprint density at radius 2 is 0.915 bits per heavy atom. The number of hydrogen-bond acceptors (Lipinski definition) is 6. The van der Waals surface area contributed by atoms with E-state index in [0.29, 0.717) is 33.0 Å². The van der Waals surface area contributed by atoms with Crippen molar-refractivity contribution in [1.82, 2.24) is 0 Å². The van der Waals surface area contributed by atoms with Gasteiger partial charge in [-0.2, -0.15) is 0 Å². The Labute approximate surface area is 282 Å². The van der Waals surface area contributed by atoms with Gasteiger partial charge in [0.2, 0.25) is 0 Å². The van der Waals surface area contributed by atoms with E-state index in [9.17, 15) is 5.11 Å². The summed E-state index contributed by atoms with van der Waals surface area (Å²) in [4.78, 5) is 0. The first-order chi connectivity index (χ1) is 22.6. The SMILES string of the molecule is CC(C)(C)[Si](C)(C)OC[C@@H](OCc1ccccc1)[C@H](OCc1ccccc1)[C@H](OCc1ccccc1)[C@@H](O)COCc1ccccc1. The molecule has 4 aromatic carbocycles. The van der Waals surface area contributed by atoms with Crippen LogP contribution < -0.4 is 0 Å². The van der Waals surface area contributed by atoms with Gasteiger partial charge >= 0.3 is 0 Å². The molecule has 0 heterocycles. The molecular formula is C40H52O6Si. The summed E-state index contributed by atoms with van der Waals surface area (Å²) >= 11 is 0. The second kappa shape index (κ2) is 18.4. The van der Waals surface area contributed by atoms with Gasteiger partial charge in [0.25, 0.3) is 0 Å². The number of aliphatic hydroxyl groups excluding tert-OH is 1. The van der Waals surface area contributed by atoms with Crippen molar-refractivity contribution in [3.63, 3.8) is 0 Å². The van der Waals surface area contributed by atoms with E-state index in [2.05, 4.69) is 33.9 Å². The molecule has 4 aromatic rings. The number of hydrogen-bond donors (Lipinski definition) is 1. The van der Waals surface area contributed by atoms with Crippen LogP contribution in [0.3, 0.4) is 0 Å². The lowest BCUT2D eigenvalue weighted by Crippen LogP contribution is -2.53. The molecule has 0 saturated heterocycles. The van der Waals surface area contributed by atoms with Gasteiger partial charge in [-0.1, -0.05) is 142 Å². The van der Waals surface area contributed by atoms with Crippen LogP contribution in [0.25, 0.3) is 0 Å². The number of ether oxygens (including phenoxy) is 4. The van der Waals surface area contributed by atoms with Crippen molar-refractivity contribution in [1.29, 1.82) is 0 Å². The second-order valence-corrected chi connectivity index (χ2v) is 18.3. The van der Waals surface area contributed by atoms with Crippen LogP contribution >= 0.6 is 0 Å². The van der Waals surface area contributed by atoms with E-state index in [4.69, 9.17) is 23.4 Å². The summed E-state index contributed by atoms with van der Waals surface area (Å²) < 4.78 is 32.8. The van der Waals surface area contributed by atoms with Crippen molar-refractivity contribution in [2.45, 2.75) is 89.7 Å². The van der Waals surface area contributed by atoms with Crippen molar-refractivity contribution >= 4 is 8.32 Å². The zero-order valence-corrected chi connectivity index (χ0v) is 29.6. The van der Waals surface area contributed by atoms with Crippen molar-refractivity contribution in [3.05, 3.63) is 144 Å². The minimum absolute atomic E-state index is 0.00533. The number of rotatable bonds is 19. The van der Waals surface area contributed by atoms with Gasteiger partial charge in [0, 0.05) is 0 Å². The van der Waals surface area contributed by atoms with Crippen LogP contribution in [-0.2, 0) is 49.8 Å². The normalized spacial score (nSPS) is 14.8. The van der Waals surface area contributed by atoms with Crippen LogP contribution in [0.1, 0.15) is 43.0 Å². The van der Waals surface area contributed by atoms with E-state index in [-0.39, 0.29) is 11.6 Å². The maximum Gasteiger partial charge on any atom is 0.192 e. The minimum atomic E-state index is -2.16. The maximum absolute atomic E-state index is 11.8. The maximum atomic E-state index is 11.8. The smallest absolute Gasteiger partial charge is 0.192 e. The first kappa shape index (κ1) is 36.7. The molecule has 0 saturated carbocycles. The topological polar surface area (TPSA) is 66.4 Å². The minimum Gasteiger partial charge on any atom is -0.414 e. The third-order valence-electron chi connectivity index (χ3n) is 8.76. The third-order valence-corrected chi connectivity index (χ3v) is 13.3. The van der Waals surface area contributed by atoms with Crippen molar-refractivity contribution in [2.75, 3.05) is 13.2 Å². The zero-order valence-electron chi connectivity index (χ0n) is 28.6. The summed E-state index contributed by atoms with van der Waals surface area (Å²) in [6.07, 6.45) is -3.00. The highest BCUT2D eigenvalue weighted by atomic mass is 28.4. The summed E-state index contributed by atoms with van der Waals surface area (Å²) in [5, 5.41) is 11.8. The lowest BCUT2D eigenvalue weighted by atomic mass is 10.0. The molecule has 252 valence electrons. The summed E-state index contributed by atoms with van der Waals surface area (Å²) in [7, 11) is -2.16. The van der Waals surface area contributed by atoms with Crippen molar-refractivity contribution in [2.24, 2.45) is 0 Å². The first-order valence-electron chi connectivity index (χ1n) is 16.5. The Balaban J connectivity index is 1.65. The van der Waals surface area contributed by atoms with Crippen LogP contribution in [0.15, 0.2) is 121 Å². The van der Waals surface area contributed by atoms with E-state index in [1.54, 1.807) is 0 Å². The van der Waals surface area contributed by atoms with E-state index < -0.39 is 32.7 Å². The second-order valence-electron chi connectivity index (χ2n) is 13.5. The molecule has 6 nitrogen and oxygen atoms in total. The molecular weight excluding hydrogens is 605 g/mol. The highest BCUT2D eigenvalue weighted by Gasteiger charge is 2.41. The Kier molecular flexibility index (Phi) is 14.4. The molecule has 7 heteroatoms. The van der Waals surface area contributed by atoms with Gasteiger partial charge in [-0.05, 0) is 40.4 Å². The fourth-order valence-corrected chi connectivity index (χ4v) is 5.87. The standard InChI is InChI=1S/C40H52O6Si/c1-40(2,3)47(4,5)46-31-37(43-27-33-20-12-7-13-21-33)39(45-29-35-24-16-9-17-25-35)38(44-28-34-22-14-8-15-23-34)36(41)30-42-26-32-18-10-6-11-19-32/h6-25,36-39,41H,26-31H2,1-5H3/t36-,37+,38+,39-/m0/s1. The number of aliphatic hydroxyl groups is 1. The summed E-state index contributed by atoms with van der Waals surface area (Å²) in [5.41, 5.74) is 4.09. The molecule has 0 radical (unpaired) electrons. The Morgan fingerprint density at radius 1 is 0.532 bits per heavy atom. The van der Waals surface area contributed by atoms with Crippen molar-refractivity contribution in [3.8, 4) is 0 Å². The lowest BCUT2D eigenvalue weighted by molar-refractivity contribution is -0.192. The first-order valence-corrected chi connectivity index (χ1v) is 19.4. The molecule has 0 aliphatic carbocycles. The Morgan fingerprint density at radius 3 is 1.34 bits per heavy atom. The van der Waals surface area contributed by atoms with Gasteiger partial charge in [0.05, 0.1) is 39.6 Å². The fourth-order valence-electron chi connectivity index (χ4n) is 4.86. The lowest BCUT2D eigenvalue weighted by Gasteiger charge is -2.40. The Hall–Kier alpha value is -3.14. The summed E-state index contributed by atoms with van der Waals surface area (Å²) in [5.74, 6) is 0. The van der Waals surface area contributed by atoms with Gasteiger partial charge in [-0.3, -0.25) is 0 Å². The largest absolute Gasteiger partial charge is 0.414 e. The predicted molar refractivity (Wildman–Crippen MR) is 190 cm³/mol. The molecule has 0 fully saturated rings. The quantitative estimate of drug-likeness (QED) is 0.102. The fraction of sp³-hybridized carbons (Fsp3) is 0.400. The monoisotopic (exact) mass is 656 g/mol. The van der Waals surface area contributed by atoms with E-state index in [0.717, 1.165) is 22.3 Å². The van der Waals surface area contributed by atoms with Crippen LogP contribution in [0.4, 0.5) is 0 Å². The molecule has 0 unspecified atom stereocenters. The molecule has 0 amide bonds. The average Bonchev–Trinajstić information content (AvgIpc) is 3.08. The van der Waals surface area contributed by atoms with Gasteiger partial charge in [-0.25, -0.2) is 0 Å². The van der Waals surface area contributed by atoms with Gasteiger partial charge in [0.15, 0.2) is 8.32 Å². The van der Waals surface area contributed by atoms with E-state index in [1.807, 2.05) is 121 Å². The van der Waals surface area contributed by atoms with Crippen molar-refractivity contribution < 1.29 is 28.5 Å². The van der Waals surface area contributed by atoms with Crippen LogP contribution in [0.5, 0.6) is 0 Å². The molecule has 47 heavy (non-hydrogen) atoms. The number of benzene rings is 4. The highest BCUT2D eigenvalue weighted by Crippen LogP contribution is 2.37. The molecule has 0 aliphatic heterocycles. The molecule has 1 N–H and O–H groups in total. The average molecular weight is 657 g/mol. The molecule has 0 bridgehead atoms. The van der Waals surface area contributed by atoms with Crippen LogP contribution in [0.2, 0.25) is 18.1 Å². The van der Waals surface area contributed by atoms with Gasteiger partial charge in [0.1, 0.15) is 24.4 Å². The highest BCUT2D eigenvalue weighted by molar-refractivity contribution is 6.74. The van der Waals surface area contributed by atoms with E-state index >= 15 is 0 Å². The molecule has 0 spiro atoms. The summed E-state index contributed by atoms with van der Waals surface area (Å²) in [6, 6.07) is 40.0. The van der Waals surface area contributed by atoms with Crippen LogP contribution in [0, 0.1) is 0 Å². The predicted octanol–water partition coefficient (Wildman–Crippen LogP) is 8.34. The van der Waals surface area contributed by atoms with Crippen LogP contribution in [-0.4, -0.2) is 51.1 Å². The molecule has 4 rings (SSSR count). The molecule has 4 atom stereocenters.